The van der Waals surface area contributed by atoms with Crippen molar-refractivity contribution in [1.29, 1.82) is 0 Å². The number of benzene rings is 1. The number of imidazole rings is 2. The molecule has 0 bridgehead atoms. The minimum absolute atomic E-state index is 0.0293. The lowest BCUT2D eigenvalue weighted by atomic mass is 10.1. The number of aryl methyl sites for hydroxylation is 1. The first-order valence-electron chi connectivity index (χ1n) is 8.12. The number of aromatic amines is 1. The first kappa shape index (κ1) is 17.1. The van der Waals surface area contributed by atoms with Crippen LogP contribution in [0.3, 0.4) is 0 Å². The lowest BCUT2D eigenvalue weighted by Gasteiger charge is -2.12. The third-order valence-corrected chi connectivity index (χ3v) is 5.47. The molecule has 0 saturated carbocycles. The van der Waals surface area contributed by atoms with Crippen molar-refractivity contribution in [3.8, 4) is 17.0 Å². The molecule has 9 heteroatoms. The van der Waals surface area contributed by atoms with Gasteiger partial charge in [0.05, 0.1) is 31.0 Å². The Balaban J connectivity index is 1.77. The summed E-state index contributed by atoms with van der Waals surface area (Å²) in [5.41, 5.74) is 3.72. The third-order valence-electron chi connectivity index (χ3n) is 4.18. The fourth-order valence-electron chi connectivity index (χ4n) is 2.83. The Morgan fingerprint density at radius 3 is 2.81 bits per heavy atom. The summed E-state index contributed by atoms with van der Waals surface area (Å²) in [5.74, 6) is 0.404. The van der Waals surface area contributed by atoms with Gasteiger partial charge in [0, 0.05) is 18.0 Å². The van der Waals surface area contributed by atoms with E-state index in [0.29, 0.717) is 11.4 Å². The van der Waals surface area contributed by atoms with E-state index in [9.17, 15) is 8.42 Å². The summed E-state index contributed by atoms with van der Waals surface area (Å²) < 4.78 is 34.8. The van der Waals surface area contributed by atoms with Gasteiger partial charge in [0.15, 0.2) is 5.03 Å². The highest BCUT2D eigenvalue weighted by molar-refractivity contribution is 7.92. The van der Waals surface area contributed by atoms with Crippen molar-refractivity contribution in [3.05, 3.63) is 60.8 Å². The molecule has 0 radical (unpaired) electrons. The van der Waals surface area contributed by atoms with Crippen molar-refractivity contribution in [2.45, 2.75) is 11.9 Å². The van der Waals surface area contributed by atoms with Gasteiger partial charge in [-0.05, 0) is 36.8 Å². The Bertz CT molecular complexity index is 1210. The molecule has 0 unspecified atom stereocenters. The van der Waals surface area contributed by atoms with Crippen LogP contribution < -0.4 is 9.46 Å². The van der Waals surface area contributed by atoms with Crippen molar-refractivity contribution >= 4 is 21.4 Å². The lowest BCUT2D eigenvalue weighted by Crippen LogP contribution is -2.14. The Morgan fingerprint density at radius 1 is 1.26 bits per heavy atom. The van der Waals surface area contributed by atoms with Gasteiger partial charge in [-0.3, -0.25) is 4.72 Å². The molecule has 0 amide bonds. The number of hydrogen-bond donors (Lipinski definition) is 2. The largest absolute Gasteiger partial charge is 0.495 e. The smallest absolute Gasteiger partial charge is 0.279 e. The molecule has 3 heterocycles. The number of H-pyrrole nitrogens is 1. The topological polar surface area (TPSA) is 101 Å². The number of hydrogen-bond acceptors (Lipinski definition) is 5. The van der Waals surface area contributed by atoms with Crippen molar-refractivity contribution in [3.63, 3.8) is 0 Å². The molecule has 1 aromatic carbocycles. The lowest BCUT2D eigenvalue weighted by molar-refractivity contribution is 0.417. The molecular weight excluding hydrogens is 366 g/mol. The minimum Gasteiger partial charge on any atom is -0.495 e. The number of sulfonamides is 1. The van der Waals surface area contributed by atoms with Gasteiger partial charge in [-0.2, -0.15) is 8.42 Å². The molecule has 0 fully saturated rings. The van der Waals surface area contributed by atoms with Crippen molar-refractivity contribution < 1.29 is 13.2 Å². The van der Waals surface area contributed by atoms with Crippen LogP contribution in [-0.2, 0) is 10.0 Å². The predicted molar refractivity (Wildman–Crippen MR) is 101 cm³/mol. The summed E-state index contributed by atoms with van der Waals surface area (Å²) in [5, 5.41) is -0.0293. The number of ether oxygens (including phenoxy) is 1. The zero-order valence-electron chi connectivity index (χ0n) is 14.7. The fourth-order valence-corrected chi connectivity index (χ4v) is 3.80. The van der Waals surface area contributed by atoms with Gasteiger partial charge in [-0.15, -0.1) is 0 Å². The number of rotatable bonds is 5. The summed E-state index contributed by atoms with van der Waals surface area (Å²) in [6.07, 6.45) is 6.37. The van der Waals surface area contributed by atoms with Gasteiger partial charge in [0.1, 0.15) is 11.4 Å². The molecule has 0 atom stereocenters. The molecule has 0 aliphatic rings. The second-order valence-electron chi connectivity index (χ2n) is 5.98. The molecule has 2 N–H and O–H groups in total. The van der Waals surface area contributed by atoms with E-state index < -0.39 is 10.0 Å². The van der Waals surface area contributed by atoms with Crippen LogP contribution in [0.2, 0.25) is 0 Å². The maximum atomic E-state index is 12.5. The number of nitrogens with one attached hydrogen (secondary N) is 2. The maximum absolute atomic E-state index is 12.5. The van der Waals surface area contributed by atoms with Crippen molar-refractivity contribution in [2.24, 2.45) is 0 Å². The second kappa shape index (κ2) is 6.44. The first-order valence-corrected chi connectivity index (χ1v) is 9.60. The van der Waals surface area contributed by atoms with E-state index in [4.69, 9.17) is 4.74 Å². The van der Waals surface area contributed by atoms with Gasteiger partial charge in [-0.25, -0.2) is 9.97 Å². The predicted octanol–water partition coefficient (Wildman–Crippen LogP) is 2.84. The number of anilines is 1. The Kier molecular flexibility index (Phi) is 4.08. The second-order valence-corrected chi connectivity index (χ2v) is 7.64. The summed E-state index contributed by atoms with van der Waals surface area (Å²) in [4.78, 5) is 11.0. The van der Waals surface area contributed by atoms with Crippen LogP contribution >= 0.6 is 0 Å². The molecule has 4 rings (SSSR count). The summed E-state index contributed by atoms with van der Waals surface area (Å²) >= 11 is 0. The molecule has 8 nitrogen and oxygen atoms in total. The van der Waals surface area contributed by atoms with Gasteiger partial charge in [0.25, 0.3) is 10.0 Å². The average Bonchev–Trinajstić information content (AvgIpc) is 3.32. The third kappa shape index (κ3) is 3.13. The monoisotopic (exact) mass is 383 g/mol. The molecule has 0 aliphatic heterocycles. The summed E-state index contributed by atoms with van der Waals surface area (Å²) in [7, 11) is -2.32. The number of fused-ring (bicyclic) bond motifs is 1. The molecular formula is C18H17N5O3S. The van der Waals surface area contributed by atoms with Crippen molar-refractivity contribution in [2.75, 3.05) is 11.8 Å². The highest BCUT2D eigenvalue weighted by atomic mass is 32.2. The Morgan fingerprint density at radius 2 is 2.11 bits per heavy atom. The number of methoxy groups -OCH3 is 1. The molecule has 0 saturated heterocycles. The van der Waals surface area contributed by atoms with E-state index in [1.165, 1.54) is 19.6 Å². The van der Waals surface area contributed by atoms with Crippen LogP contribution in [0.25, 0.3) is 16.9 Å². The first-order chi connectivity index (χ1) is 13.0. The van der Waals surface area contributed by atoms with E-state index in [0.717, 1.165) is 22.5 Å². The van der Waals surface area contributed by atoms with Gasteiger partial charge < -0.3 is 14.1 Å². The molecule has 4 aromatic rings. The fraction of sp³-hybridized carbons (Fsp3) is 0.111. The summed E-state index contributed by atoms with van der Waals surface area (Å²) in [6, 6.07) is 9.18. The number of pyridine rings is 1. The van der Waals surface area contributed by atoms with Gasteiger partial charge in [0.2, 0.25) is 0 Å². The van der Waals surface area contributed by atoms with E-state index in [1.54, 1.807) is 12.1 Å². The molecule has 3 aromatic heterocycles. The van der Waals surface area contributed by atoms with E-state index in [1.807, 2.05) is 41.9 Å². The molecule has 0 aliphatic carbocycles. The molecule has 138 valence electrons. The zero-order valence-corrected chi connectivity index (χ0v) is 15.5. The highest BCUT2D eigenvalue weighted by Gasteiger charge is 2.19. The summed E-state index contributed by atoms with van der Waals surface area (Å²) in [6.45, 7) is 1.99. The van der Waals surface area contributed by atoms with Crippen LogP contribution in [-0.4, -0.2) is 34.9 Å². The van der Waals surface area contributed by atoms with Crippen molar-refractivity contribution in [1.82, 2.24) is 19.4 Å². The average molecular weight is 383 g/mol. The van der Waals surface area contributed by atoms with Gasteiger partial charge in [-0.1, -0.05) is 6.07 Å². The van der Waals surface area contributed by atoms with Crippen LogP contribution in [0, 0.1) is 6.92 Å². The van der Waals surface area contributed by atoms with Crippen LogP contribution in [0.4, 0.5) is 5.69 Å². The quantitative estimate of drug-likeness (QED) is 0.552. The molecule has 0 spiro atoms. The Labute approximate surface area is 155 Å². The highest BCUT2D eigenvalue weighted by Crippen LogP contribution is 2.32. The van der Waals surface area contributed by atoms with E-state index in [-0.39, 0.29) is 5.03 Å². The maximum Gasteiger partial charge on any atom is 0.279 e. The van der Waals surface area contributed by atoms with Crippen LogP contribution in [0.15, 0.2) is 60.3 Å². The van der Waals surface area contributed by atoms with Gasteiger partial charge >= 0.3 is 0 Å². The number of nitrogens with zero attached hydrogens (tertiary/aromatic N) is 3. The minimum atomic E-state index is -3.81. The van der Waals surface area contributed by atoms with Crippen LogP contribution in [0.5, 0.6) is 5.75 Å². The number of aromatic nitrogens is 4. The van der Waals surface area contributed by atoms with Crippen LogP contribution in [0.1, 0.15) is 5.56 Å². The molecule has 27 heavy (non-hydrogen) atoms. The zero-order chi connectivity index (χ0) is 19.0. The normalized spacial score (nSPS) is 11.6. The Hall–Kier alpha value is -3.33. The van der Waals surface area contributed by atoms with E-state index in [2.05, 4.69) is 19.7 Å². The standard InChI is InChI=1S/C18H17N5O3S/c1-12-4-3-7-23-10-15(21-18(12)23)13-5-6-16(26-2)14(8-13)22-27(24,25)17-9-19-11-20-17/h3-11,22H,1-2H3,(H,19,20). The van der Waals surface area contributed by atoms with E-state index >= 15 is 0 Å². The SMILES string of the molecule is COc1ccc(-c2cn3cccc(C)c3n2)cc1NS(=O)(=O)c1cnc[nH]1.